The lowest BCUT2D eigenvalue weighted by molar-refractivity contribution is 0.0892. The molecule has 6 nitrogen and oxygen atoms in total. The van der Waals surface area contributed by atoms with Crippen molar-refractivity contribution < 1.29 is 18.7 Å². The largest absolute Gasteiger partial charge is 0.457 e. The van der Waals surface area contributed by atoms with Crippen molar-refractivity contribution >= 4 is 17.2 Å². The van der Waals surface area contributed by atoms with Crippen molar-refractivity contribution in [2.45, 2.75) is 6.10 Å². The Hall–Kier alpha value is -3.23. The molecule has 3 aromatic heterocycles. The molecular weight excluding hydrogens is 393 g/mol. The Labute approximate surface area is 170 Å². The number of hydrogen-bond acceptors (Lipinski definition) is 5. The molecule has 0 saturated heterocycles. The summed E-state index contributed by atoms with van der Waals surface area (Å²) >= 11 is 1.54. The summed E-state index contributed by atoms with van der Waals surface area (Å²) < 4.78 is 20.2. The van der Waals surface area contributed by atoms with Crippen LogP contribution in [0.3, 0.4) is 0 Å². The lowest BCUT2D eigenvalue weighted by atomic mass is 10.1. The fraction of sp³-hybridized carbons (Fsp3) is 0.143. The summed E-state index contributed by atoms with van der Waals surface area (Å²) in [5, 5.41) is 19.3. The highest BCUT2D eigenvalue weighted by Crippen LogP contribution is 2.28. The highest BCUT2D eigenvalue weighted by atomic mass is 32.1. The van der Waals surface area contributed by atoms with Gasteiger partial charge < -0.3 is 14.8 Å². The molecule has 0 saturated carbocycles. The third-order valence-electron chi connectivity index (χ3n) is 4.43. The van der Waals surface area contributed by atoms with Crippen molar-refractivity contribution in [3.05, 3.63) is 77.2 Å². The Morgan fingerprint density at radius 2 is 2.07 bits per heavy atom. The number of aliphatic hydroxyl groups excluding tert-OH is 1. The lowest BCUT2D eigenvalue weighted by Crippen LogP contribution is -2.29. The van der Waals surface area contributed by atoms with Crippen LogP contribution in [0.2, 0.25) is 0 Å². The molecule has 0 bridgehead atoms. The third-order valence-corrected chi connectivity index (χ3v) is 5.31. The van der Waals surface area contributed by atoms with Gasteiger partial charge in [-0.1, -0.05) is 6.07 Å². The van der Waals surface area contributed by atoms with Gasteiger partial charge in [-0.2, -0.15) is 5.10 Å². The number of hydrogen-bond donors (Lipinski definition) is 2. The summed E-state index contributed by atoms with van der Waals surface area (Å²) in [6.07, 6.45) is -0.975. The first-order valence-corrected chi connectivity index (χ1v) is 9.79. The number of halogens is 1. The van der Waals surface area contributed by atoms with Crippen LogP contribution in [0, 0.1) is 5.82 Å². The van der Waals surface area contributed by atoms with Gasteiger partial charge >= 0.3 is 0 Å². The number of thiophene rings is 1. The van der Waals surface area contributed by atoms with Crippen LogP contribution in [-0.2, 0) is 7.05 Å². The maximum Gasteiger partial charge on any atom is 0.269 e. The minimum Gasteiger partial charge on any atom is -0.457 e. The van der Waals surface area contributed by atoms with E-state index in [1.165, 1.54) is 16.8 Å². The first kappa shape index (κ1) is 19.1. The van der Waals surface area contributed by atoms with Crippen LogP contribution >= 0.6 is 11.3 Å². The Balaban J connectivity index is 1.41. The van der Waals surface area contributed by atoms with E-state index in [1.54, 1.807) is 48.7 Å². The zero-order valence-corrected chi connectivity index (χ0v) is 16.3. The highest BCUT2D eigenvalue weighted by molar-refractivity contribution is 7.13. The molecule has 0 aliphatic carbocycles. The quantitative estimate of drug-likeness (QED) is 0.502. The molecule has 1 aromatic carbocycles. The molecule has 0 spiro atoms. The number of carbonyl (C=O) groups excluding carboxylic acids is 1. The summed E-state index contributed by atoms with van der Waals surface area (Å²) in [5.41, 5.74) is 1.60. The number of aromatic nitrogens is 2. The molecular formula is C21H18FN3O3S. The predicted molar refractivity (Wildman–Crippen MR) is 108 cm³/mol. The molecule has 1 atom stereocenters. The Kier molecular flexibility index (Phi) is 5.28. The van der Waals surface area contributed by atoms with E-state index in [4.69, 9.17) is 4.42 Å². The van der Waals surface area contributed by atoms with E-state index in [0.29, 0.717) is 28.5 Å². The molecule has 1 amide bonds. The van der Waals surface area contributed by atoms with Gasteiger partial charge in [-0.05, 0) is 53.9 Å². The average Bonchev–Trinajstić information content (AvgIpc) is 3.46. The minimum absolute atomic E-state index is 0.00666. The van der Waals surface area contributed by atoms with Crippen molar-refractivity contribution in [2.75, 3.05) is 6.54 Å². The molecule has 0 radical (unpaired) electrons. The molecule has 1 unspecified atom stereocenters. The standard InChI is InChI=1S/C21H18FN3O3S/c1-25-16(11-15(24-25)13-4-6-14(22)7-5-13)21(27)23-12-17(26)18-8-9-19(28-18)20-3-2-10-29-20/h2-11,17,26H,12H2,1H3,(H,23,27). The van der Waals surface area contributed by atoms with E-state index < -0.39 is 6.10 Å². The fourth-order valence-corrected chi connectivity index (χ4v) is 3.59. The second kappa shape index (κ2) is 8.02. The van der Waals surface area contributed by atoms with E-state index in [0.717, 1.165) is 4.88 Å². The third kappa shape index (κ3) is 4.13. The second-order valence-electron chi connectivity index (χ2n) is 6.45. The molecule has 3 heterocycles. The second-order valence-corrected chi connectivity index (χ2v) is 7.40. The number of aryl methyl sites for hydroxylation is 1. The van der Waals surface area contributed by atoms with E-state index in [2.05, 4.69) is 10.4 Å². The van der Waals surface area contributed by atoms with Crippen molar-refractivity contribution in [3.8, 4) is 21.9 Å². The van der Waals surface area contributed by atoms with Crippen molar-refractivity contribution in [1.82, 2.24) is 15.1 Å². The van der Waals surface area contributed by atoms with Gasteiger partial charge in [0.05, 0.1) is 17.1 Å². The van der Waals surface area contributed by atoms with Gasteiger partial charge in [0.2, 0.25) is 0 Å². The van der Waals surface area contributed by atoms with E-state index >= 15 is 0 Å². The molecule has 148 valence electrons. The van der Waals surface area contributed by atoms with Crippen LogP contribution in [0.25, 0.3) is 21.9 Å². The van der Waals surface area contributed by atoms with Crippen molar-refractivity contribution in [2.24, 2.45) is 7.05 Å². The van der Waals surface area contributed by atoms with Gasteiger partial charge in [-0.25, -0.2) is 4.39 Å². The number of nitrogens with zero attached hydrogens (tertiary/aromatic N) is 2. The average molecular weight is 411 g/mol. The SMILES string of the molecule is Cn1nc(-c2ccc(F)cc2)cc1C(=O)NCC(O)c1ccc(-c2cccs2)o1. The molecule has 4 aromatic rings. The van der Waals surface area contributed by atoms with Gasteiger partial charge in [0.1, 0.15) is 29.1 Å². The van der Waals surface area contributed by atoms with Crippen molar-refractivity contribution in [3.63, 3.8) is 0 Å². The number of benzene rings is 1. The van der Waals surface area contributed by atoms with Crippen LogP contribution in [0.15, 0.2) is 64.4 Å². The first-order valence-electron chi connectivity index (χ1n) is 8.91. The van der Waals surface area contributed by atoms with Crippen LogP contribution in [0.1, 0.15) is 22.4 Å². The summed E-state index contributed by atoms with van der Waals surface area (Å²) in [5.74, 6) is 0.343. The number of furan rings is 1. The van der Waals surface area contributed by atoms with Gasteiger partial charge in [0.15, 0.2) is 0 Å². The van der Waals surface area contributed by atoms with E-state index in [9.17, 15) is 14.3 Å². The van der Waals surface area contributed by atoms with E-state index in [-0.39, 0.29) is 18.3 Å². The minimum atomic E-state index is -0.975. The number of rotatable bonds is 6. The summed E-state index contributed by atoms with van der Waals surface area (Å²) in [4.78, 5) is 13.5. The van der Waals surface area contributed by atoms with E-state index in [1.807, 2.05) is 17.5 Å². The number of aliphatic hydroxyl groups is 1. The first-order chi connectivity index (χ1) is 14.0. The summed E-state index contributed by atoms with van der Waals surface area (Å²) in [6, 6.07) is 14.9. The Morgan fingerprint density at radius 1 is 1.28 bits per heavy atom. The smallest absolute Gasteiger partial charge is 0.269 e. The van der Waals surface area contributed by atoms with Crippen LogP contribution < -0.4 is 5.32 Å². The summed E-state index contributed by atoms with van der Waals surface area (Å²) in [6.45, 7) is -0.00666. The topological polar surface area (TPSA) is 80.3 Å². The van der Waals surface area contributed by atoms with Gasteiger partial charge in [-0.3, -0.25) is 9.48 Å². The Morgan fingerprint density at radius 3 is 2.79 bits per heavy atom. The molecule has 4 rings (SSSR count). The van der Waals surface area contributed by atoms with Gasteiger partial charge in [0.25, 0.3) is 5.91 Å². The molecule has 8 heteroatoms. The monoisotopic (exact) mass is 411 g/mol. The summed E-state index contributed by atoms with van der Waals surface area (Å²) in [7, 11) is 1.65. The maximum atomic E-state index is 13.1. The Bertz CT molecular complexity index is 1120. The van der Waals surface area contributed by atoms with Crippen LogP contribution in [0.5, 0.6) is 0 Å². The predicted octanol–water partition coefficient (Wildman–Crippen LogP) is 4.01. The van der Waals surface area contributed by atoms with Gasteiger partial charge in [0, 0.05) is 12.6 Å². The zero-order chi connectivity index (χ0) is 20.4. The van der Waals surface area contributed by atoms with Crippen LogP contribution in [-0.4, -0.2) is 27.3 Å². The highest BCUT2D eigenvalue weighted by Gasteiger charge is 2.18. The van der Waals surface area contributed by atoms with Gasteiger partial charge in [-0.15, -0.1) is 11.3 Å². The lowest BCUT2D eigenvalue weighted by Gasteiger charge is -2.09. The van der Waals surface area contributed by atoms with Crippen molar-refractivity contribution in [1.29, 1.82) is 0 Å². The maximum absolute atomic E-state index is 13.1. The zero-order valence-electron chi connectivity index (χ0n) is 15.5. The molecule has 0 fully saturated rings. The molecule has 29 heavy (non-hydrogen) atoms. The number of amides is 1. The number of nitrogens with one attached hydrogen (secondary N) is 1. The molecule has 0 aliphatic rings. The fourth-order valence-electron chi connectivity index (χ4n) is 2.91. The van der Waals surface area contributed by atoms with Crippen LogP contribution in [0.4, 0.5) is 4.39 Å². The number of carbonyl (C=O) groups is 1. The normalized spacial score (nSPS) is 12.1. The molecule has 0 aliphatic heterocycles. The molecule has 2 N–H and O–H groups in total.